The Bertz CT molecular complexity index is 571. The molecular formula is C36H66. The van der Waals surface area contributed by atoms with Gasteiger partial charge in [-0.05, 0) is 55.2 Å². The highest BCUT2D eigenvalue weighted by Gasteiger charge is 2.06. The molecule has 1 rings (SSSR count). The van der Waals surface area contributed by atoms with Gasteiger partial charge >= 0.3 is 0 Å². The van der Waals surface area contributed by atoms with Crippen molar-refractivity contribution in [2.45, 2.75) is 194 Å². The van der Waals surface area contributed by atoms with Crippen LogP contribution in [0.25, 0.3) is 0 Å². The van der Waals surface area contributed by atoms with Gasteiger partial charge in [0.15, 0.2) is 0 Å². The fourth-order valence-corrected chi connectivity index (χ4v) is 5.67. The normalized spacial score (nSPS) is 11.4. The van der Waals surface area contributed by atoms with Crippen LogP contribution in [0.2, 0.25) is 0 Å². The van der Waals surface area contributed by atoms with Crippen molar-refractivity contribution in [3.05, 3.63) is 34.9 Å². The number of aryl methyl sites for hydroxylation is 3. The van der Waals surface area contributed by atoms with E-state index in [2.05, 4.69) is 39.0 Å². The Morgan fingerprint density at radius 1 is 0.333 bits per heavy atom. The first-order valence-electron chi connectivity index (χ1n) is 16.9. The summed E-state index contributed by atoms with van der Waals surface area (Å²) in [4.78, 5) is 0. The highest BCUT2D eigenvalue weighted by atomic mass is 14.1. The third-order valence-corrected chi connectivity index (χ3v) is 8.19. The fourth-order valence-electron chi connectivity index (χ4n) is 5.67. The van der Waals surface area contributed by atoms with E-state index in [9.17, 15) is 0 Å². The SMILES string of the molecule is CCCCCCCCCCc1ccc(CCCCCCCCCC)c(CCCCCCCCCC)c1. The minimum Gasteiger partial charge on any atom is -0.0654 e. The Kier molecular flexibility index (Phi) is 23.9. The molecule has 1 aromatic carbocycles. The maximum absolute atomic E-state index is 2.61. The van der Waals surface area contributed by atoms with Crippen LogP contribution in [0.1, 0.15) is 192 Å². The first-order valence-corrected chi connectivity index (χ1v) is 16.9. The van der Waals surface area contributed by atoms with Crippen LogP contribution in [0.3, 0.4) is 0 Å². The number of benzene rings is 1. The zero-order valence-electron chi connectivity index (χ0n) is 25.3. The van der Waals surface area contributed by atoms with Gasteiger partial charge in [-0.1, -0.05) is 174 Å². The molecule has 0 atom stereocenters. The van der Waals surface area contributed by atoms with Crippen molar-refractivity contribution in [1.29, 1.82) is 0 Å². The molecule has 0 aliphatic heterocycles. The molecule has 0 amide bonds. The standard InChI is InChI=1S/C36H66/c1-4-7-10-13-16-19-22-25-28-34-31-32-35(29-26-23-20-17-14-11-8-5-2)36(33-34)30-27-24-21-18-15-12-9-6-3/h31-33H,4-30H2,1-3H3. The second kappa shape index (κ2) is 25.9. The van der Waals surface area contributed by atoms with Crippen LogP contribution < -0.4 is 0 Å². The van der Waals surface area contributed by atoms with Crippen LogP contribution in [0, 0.1) is 0 Å². The van der Waals surface area contributed by atoms with E-state index >= 15 is 0 Å². The molecule has 0 aromatic heterocycles. The zero-order chi connectivity index (χ0) is 25.9. The molecule has 0 heteroatoms. The molecule has 0 fully saturated rings. The van der Waals surface area contributed by atoms with Crippen molar-refractivity contribution in [2.24, 2.45) is 0 Å². The van der Waals surface area contributed by atoms with Gasteiger partial charge in [-0.2, -0.15) is 0 Å². The highest BCUT2D eigenvalue weighted by Crippen LogP contribution is 2.21. The Balaban J connectivity index is 2.41. The summed E-state index contributed by atoms with van der Waals surface area (Å²) >= 11 is 0. The van der Waals surface area contributed by atoms with E-state index in [1.807, 2.05) is 0 Å². The molecule has 0 unspecified atom stereocenters. The molecule has 1 aromatic rings. The molecule has 0 saturated heterocycles. The average molecular weight is 499 g/mol. The highest BCUT2D eigenvalue weighted by molar-refractivity contribution is 5.32. The summed E-state index contributed by atoms with van der Waals surface area (Å²) in [7, 11) is 0. The average Bonchev–Trinajstić information content (AvgIpc) is 2.89. The lowest BCUT2D eigenvalue weighted by Gasteiger charge is -2.13. The van der Waals surface area contributed by atoms with Gasteiger partial charge in [0, 0.05) is 0 Å². The minimum absolute atomic E-state index is 1.29. The van der Waals surface area contributed by atoms with Crippen LogP contribution in [-0.4, -0.2) is 0 Å². The molecule has 0 N–H and O–H groups in total. The summed E-state index contributed by atoms with van der Waals surface area (Å²) in [6, 6.07) is 7.60. The van der Waals surface area contributed by atoms with Gasteiger partial charge in [-0.15, -0.1) is 0 Å². The van der Waals surface area contributed by atoms with E-state index in [0.29, 0.717) is 0 Å². The molecule has 0 spiro atoms. The molecule has 0 nitrogen and oxygen atoms in total. The maximum atomic E-state index is 2.61. The van der Waals surface area contributed by atoms with Crippen molar-refractivity contribution in [2.75, 3.05) is 0 Å². The second-order valence-corrected chi connectivity index (χ2v) is 11.8. The first kappa shape index (κ1) is 33.2. The molecule has 0 saturated carbocycles. The quantitative estimate of drug-likeness (QED) is 0.106. The summed E-state index contributed by atoms with van der Waals surface area (Å²) < 4.78 is 0. The predicted octanol–water partition coefficient (Wildman–Crippen LogP) is 12.7. The monoisotopic (exact) mass is 499 g/mol. The van der Waals surface area contributed by atoms with Crippen LogP contribution >= 0.6 is 0 Å². The summed E-state index contributed by atoms with van der Waals surface area (Å²) in [5.74, 6) is 0. The number of rotatable bonds is 27. The summed E-state index contributed by atoms with van der Waals surface area (Å²) in [5, 5.41) is 0. The van der Waals surface area contributed by atoms with Crippen LogP contribution in [0.15, 0.2) is 18.2 Å². The molecular weight excluding hydrogens is 432 g/mol. The first-order chi connectivity index (χ1) is 17.8. The van der Waals surface area contributed by atoms with Gasteiger partial charge in [0.1, 0.15) is 0 Å². The van der Waals surface area contributed by atoms with E-state index in [4.69, 9.17) is 0 Å². The van der Waals surface area contributed by atoms with Gasteiger partial charge in [0.05, 0.1) is 0 Å². The molecule has 0 bridgehead atoms. The lowest BCUT2D eigenvalue weighted by molar-refractivity contribution is 0.570. The molecule has 210 valence electrons. The van der Waals surface area contributed by atoms with Gasteiger partial charge < -0.3 is 0 Å². The van der Waals surface area contributed by atoms with E-state index in [-0.39, 0.29) is 0 Å². The minimum atomic E-state index is 1.29. The van der Waals surface area contributed by atoms with E-state index in [1.165, 1.54) is 173 Å². The van der Waals surface area contributed by atoms with Crippen LogP contribution in [0.5, 0.6) is 0 Å². The van der Waals surface area contributed by atoms with Crippen molar-refractivity contribution < 1.29 is 0 Å². The predicted molar refractivity (Wildman–Crippen MR) is 165 cm³/mol. The number of hydrogen-bond acceptors (Lipinski definition) is 0. The molecule has 36 heavy (non-hydrogen) atoms. The van der Waals surface area contributed by atoms with Crippen molar-refractivity contribution in [1.82, 2.24) is 0 Å². The Morgan fingerprint density at radius 2 is 0.667 bits per heavy atom. The lowest BCUT2D eigenvalue weighted by atomic mass is 9.93. The van der Waals surface area contributed by atoms with Gasteiger partial charge in [-0.3, -0.25) is 0 Å². The number of hydrogen-bond donors (Lipinski definition) is 0. The number of unbranched alkanes of at least 4 members (excludes halogenated alkanes) is 21. The van der Waals surface area contributed by atoms with E-state index < -0.39 is 0 Å². The van der Waals surface area contributed by atoms with Gasteiger partial charge in [0.2, 0.25) is 0 Å². The van der Waals surface area contributed by atoms with E-state index in [0.717, 1.165) is 0 Å². The lowest BCUT2D eigenvalue weighted by Crippen LogP contribution is -1.98. The summed E-state index contributed by atoms with van der Waals surface area (Å²) in [6.07, 6.45) is 38.0. The maximum Gasteiger partial charge on any atom is -0.0276 e. The molecule has 0 heterocycles. The summed E-state index contributed by atoms with van der Waals surface area (Å²) in [6.45, 7) is 6.93. The van der Waals surface area contributed by atoms with Crippen molar-refractivity contribution >= 4 is 0 Å². The van der Waals surface area contributed by atoms with Crippen LogP contribution in [-0.2, 0) is 19.3 Å². The van der Waals surface area contributed by atoms with Gasteiger partial charge in [-0.25, -0.2) is 0 Å². The molecule has 0 aliphatic carbocycles. The third-order valence-electron chi connectivity index (χ3n) is 8.19. The summed E-state index contributed by atoms with van der Waals surface area (Å²) in [5.41, 5.74) is 4.97. The van der Waals surface area contributed by atoms with E-state index in [1.54, 1.807) is 16.7 Å². The van der Waals surface area contributed by atoms with Gasteiger partial charge in [0.25, 0.3) is 0 Å². The Hall–Kier alpha value is -0.780. The van der Waals surface area contributed by atoms with Crippen molar-refractivity contribution in [3.63, 3.8) is 0 Å². The smallest absolute Gasteiger partial charge is 0.0276 e. The Labute approximate surface area is 228 Å². The molecule has 0 aliphatic rings. The largest absolute Gasteiger partial charge is 0.0654 e. The topological polar surface area (TPSA) is 0 Å². The van der Waals surface area contributed by atoms with Crippen molar-refractivity contribution in [3.8, 4) is 0 Å². The molecule has 0 radical (unpaired) electrons. The second-order valence-electron chi connectivity index (χ2n) is 11.8. The fraction of sp³-hybridized carbons (Fsp3) is 0.833. The Morgan fingerprint density at radius 3 is 1.08 bits per heavy atom. The third kappa shape index (κ3) is 19.3. The zero-order valence-corrected chi connectivity index (χ0v) is 25.3. The van der Waals surface area contributed by atoms with Crippen LogP contribution in [0.4, 0.5) is 0 Å².